The van der Waals surface area contributed by atoms with Crippen LogP contribution < -0.4 is 5.32 Å². The monoisotopic (exact) mass is 251 g/mol. The molecule has 1 aromatic heterocycles. The minimum Gasteiger partial charge on any atom is -0.360 e. The molecule has 102 valence electrons. The van der Waals surface area contributed by atoms with Crippen molar-refractivity contribution in [3.05, 3.63) is 17.5 Å². The number of piperidine rings is 1. The van der Waals surface area contributed by atoms with Crippen LogP contribution in [-0.2, 0) is 13.1 Å². The van der Waals surface area contributed by atoms with Crippen LogP contribution in [0.2, 0.25) is 0 Å². The fourth-order valence-electron chi connectivity index (χ4n) is 2.61. The van der Waals surface area contributed by atoms with Gasteiger partial charge in [-0.25, -0.2) is 0 Å². The molecule has 2 atom stereocenters. The third-order valence-electron chi connectivity index (χ3n) is 4.03. The Bertz CT molecular complexity index is 364. The summed E-state index contributed by atoms with van der Waals surface area (Å²) in [5.74, 6) is 1.77. The molecule has 2 heterocycles. The SMILES string of the molecule is CCNCc1cc(CN2CCCC(C)C2C)on1. The van der Waals surface area contributed by atoms with Crippen molar-refractivity contribution in [3.8, 4) is 0 Å². The van der Waals surface area contributed by atoms with Crippen molar-refractivity contribution in [2.24, 2.45) is 5.92 Å². The van der Waals surface area contributed by atoms with E-state index in [-0.39, 0.29) is 0 Å². The van der Waals surface area contributed by atoms with Crippen LogP contribution in [0.3, 0.4) is 0 Å². The number of likely N-dealkylation sites (tertiary alicyclic amines) is 1. The second-order valence-electron chi connectivity index (χ2n) is 5.40. The van der Waals surface area contributed by atoms with Gasteiger partial charge < -0.3 is 9.84 Å². The number of hydrogen-bond acceptors (Lipinski definition) is 4. The Kier molecular flexibility index (Phi) is 4.78. The van der Waals surface area contributed by atoms with Gasteiger partial charge in [-0.3, -0.25) is 4.90 Å². The summed E-state index contributed by atoms with van der Waals surface area (Å²) in [6.45, 7) is 10.6. The van der Waals surface area contributed by atoms with E-state index in [4.69, 9.17) is 4.52 Å². The van der Waals surface area contributed by atoms with Gasteiger partial charge in [-0.1, -0.05) is 19.0 Å². The molecule has 2 rings (SSSR count). The summed E-state index contributed by atoms with van der Waals surface area (Å²) in [5, 5.41) is 7.36. The van der Waals surface area contributed by atoms with Crippen molar-refractivity contribution in [2.45, 2.75) is 52.7 Å². The van der Waals surface area contributed by atoms with Crippen LogP contribution in [0.4, 0.5) is 0 Å². The van der Waals surface area contributed by atoms with Crippen LogP contribution in [-0.4, -0.2) is 29.2 Å². The van der Waals surface area contributed by atoms with E-state index in [0.717, 1.165) is 37.0 Å². The highest BCUT2D eigenvalue weighted by Crippen LogP contribution is 2.24. The first-order valence-electron chi connectivity index (χ1n) is 7.10. The third-order valence-corrected chi connectivity index (χ3v) is 4.03. The molecule has 1 fully saturated rings. The Balaban J connectivity index is 1.90. The first-order chi connectivity index (χ1) is 8.70. The van der Waals surface area contributed by atoms with Gasteiger partial charge in [0.1, 0.15) is 0 Å². The number of nitrogens with zero attached hydrogens (tertiary/aromatic N) is 2. The van der Waals surface area contributed by atoms with Gasteiger partial charge in [0.2, 0.25) is 0 Å². The standard InChI is InChI=1S/C14H25N3O/c1-4-15-9-13-8-14(18-16-13)10-17-7-5-6-11(2)12(17)3/h8,11-12,15H,4-7,9-10H2,1-3H3. The van der Waals surface area contributed by atoms with E-state index < -0.39 is 0 Å². The molecule has 18 heavy (non-hydrogen) atoms. The van der Waals surface area contributed by atoms with Crippen LogP contribution in [0.1, 0.15) is 45.1 Å². The van der Waals surface area contributed by atoms with Gasteiger partial charge in [0.15, 0.2) is 5.76 Å². The smallest absolute Gasteiger partial charge is 0.151 e. The lowest BCUT2D eigenvalue weighted by Crippen LogP contribution is -2.41. The molecule has 4 heteroatoms. The van der Waals surface area contributed by atoms with Crippen molar-refractivity contribution in [2.75, 3.05) is 13.1 Å². The van der Waals surface area contributed by atoms with Gasteiger partial charge in [0.25, 0.3) is 0 Å². The lowest BCUT2D eigenvalue weighted by molar-refractivity contribution is 0.0959. The third kappa shape index (κ3) is 3.33. The predicted molar refractivity (Wildman–Crippen MR) is 72.2 cm³/mol. The molecule has 0 aliphatic carbocycles. The molecule has 0 amide bonds. The van der Waals surface area contributed by atoms with Gasteiger partial charge in [0.05, 0.1) is 12.2 Å². The molecule has 1 saturated heterocycles. The van der Waals surface area contributed by atoms with Gasteiger partial charge in [0, 0.05) is 18.7 Å². The second kappa shape index (κ2) is 6.34. The lowest BCUT2D eigenvalue weighted by atomic mass is 9.92. The topological polar surface area (TPSA) is 41.3 Å². The zero-order valence-corrected chi connectivity index (χ0v) is 11.8. The molecule has 1 aliphatic heterocycles. The fourth-order valence-corrected chi connectivity index (χ4v) is 2.61. The maximum atomic E-state index is 5.42. The van der Waals surface area contributed by atoms with Crippen LogP contribution in [0.5, 0.6) is 0 Å². The van der Waals surface area contributed by atoms with Crippen molar-refractivity contribution in [3.63, 3.8) is 0 Å². The summed E-state index contributed by atoms with van der Waals surface area (Å²) in [6.07, 6.45) is 2.64. The van der Waals surface area contributed by atoms with Gasteiger partial charge in [-0.2, -0.15) is 0 Å². The summed E-state index contributed by atoms with van der Waals surface area (Å²) in [6, 6.07) is 2.72. The van der Waals surface area contributed by atoms with Crippen molar-refractivity contribution in [1.82, 2.24) is 15.4 Å². The number of nitrogens with one attached hydrogen (secondary N) is 1. The fraction of sp³-hybridized carbons (Fsp3) is 0.786. The van der Waals surface area contributed by atoms with Crippen LogP contribution >= 0.6 is 0 Å². The minimum absolute atomic E-state index is 0.640. The summed E-state index contributed by atoms with van der Waals surface area (Å²) >= 11 is 0. The largest absolute Gasteiger partial charge is 0.360 e. The Hall–Kier alpha value is -0.870. The Morgan fingerprint density at radius 3 is 3.11 bits per heavy atom. The van der Waals surface area contributed by atoms with E-state index in [1.165, 1.54) is 19.4 Å². The van der Waals surface area contributed by atoms with E-state index in [1.54, 1.807) is 0 Å². The Morgan fingerprint density at radius 2 is 2.33 bits per heavy atom. The lowest BCUT2D eigenvalue weighted by Gasteiger charge is -2.37. The number of hydrogen-bond donors (Lipinski definition) is 1. The van der Waals surface area contributed by atoms with Crippen LogP contribution in [0, 0.1) is 5.92 Å². The maximum absolute atomic E-state index is 5.42. The first kappa shape index (κ1) is 13.6. The van der Waals surface area contributed by atoms with Crippen molar-refractivity contribution >= 4 is 0 Å². The normalized spacial score (nSPS) is 25.5. The minimum atomic E-state index is 0.640. The molecule has 0 radical (unpaired) electrons. The zero-order chi connectivity index (χ0) is 13.0. The first-order valence-corrected chi connectivity index (χ1v) is 7.10. The van der Waals surface area contributed by atoms with Gasteiger partial charge in [-0.15, -0.1) is 0 Å². The quantitative estimate of drug-likeness (QED) is 0.872. The predicted octanol–water partition coefficient (Wildman–Crippen LogP) is 2.40. The number of rotatable bonds is 5. The molecular formula is C14H25N3O. The van der Waals surface area contributed by atoms with Crippen LogP contribution in [0.25, 0.3) is 0 Å². The molecule has 0 spiro atoms. The molecule has 0 bridgehead atoms. The molecule has 1 N–H and O–H groups in total. The average Bonchev–Trinajstić information content (AvgIpc) is 2.80. The molecule has 4 nitrogen and oxygen atoms in total. The second-order valence-corrected chi connectivity index (χ2v) is 5.40. The van der Waals surface area contributed by atoms with Crippen molar-refractivity contribution < 1.29 is 4.52 Å². The van der Waals surface area contributed by atoms with E-state index in [9.17, 15) is 0 Å². The van der Waals surface area contributed by atoms with Crippen molar-refractivity contribution in [1.29, 1.82) is 0 Å². The molecule has 2 unspecified atom stereocenters. The summed E-state index contributed by atoms with van der Waals surface area (Å²) in [5.41, 5.74) is 1.00. The average molecular weight is 251 g/mol. The highest BCUT2D eigenvalue weighted by atomic mass is 16.5. The molecule has 0 aromatic carbocycles. The molecule has 1 aliphatic rings. The molecule has 0 saturated carbocycles. The number of aromatic nitrogens is 1. The van der Waals surface area contributed by atoms with E-state index in [0.29, 0.717) is 6.04 Å². The Morgan fingerprint density at radius 1 is 1.50 bits per heavy atom. The van der Waals surface area contributed by atoms with Gasteiger partial charge >= 0.3 is 0 Å². The highest BCUT2D eigenvalue weighted by Gasteiger charge is 2.25. The van der Waals surface area contributed by atoms with E-state index >= 15 is 0 Å². The molecular weight excluding hydrogens is 226 g/mol. The summed E-state index contributed by atoms with van der Waals surface area (Å²) in [7, 11) is 0. The maximum Gasteiger partial charge on any atom is 0.151 e. The summed E-state index contributed by atoms with van der Waals surface area (Å²) in [4.78, 5) is 2.51. The van der Waals surface area contributed by atoms with E-state index in [2.05, 4.69) is 42.2 Å². The molecule has 1 aromatic rings. The zero-order valence-electron chi connectivity index (χ0n) is 11.8. The van der Waals surface area contributed by atoms with Crippen LogP contribution in [0.15, 0.2) is 10.6 Å². The highest BCUT2D eigenvalue weighted by molar-refractivity contribution is 5.05. The van der Waals surface area contributed by atoms with Gasteiger partial charge in [-0.05, 0) is 38.8 Å². The Labute approximate surface area is 110 Å². The summed E-state index contributed by atoms with van der Waals surface area (Å²) < 4.78 is 5.42. The van der Waals surface area contributed by atoms with E-state index in [1.807, 2.05) is 0 Å².